The van der Waals surface area contributed by atoms with Crippen LogP contribution in [-0.2, 0) is 13.0 Å². The Bertz CT molecular complexity index is 612. The fourth-order valence-corrected chi connectivity index (χ4v) is 2.50. The minimum absolute atomic E-state index is 0.116. The van der Waals surface area contributed by atoms with Crippen molar-refractivity contribution in [2.75, 3.05) is 0 Å². The number of imidazole rings is 1. The van der Waals surface area contributed by atoms with Gasteiger partial charge in [-0.25, -0.2) is 4.98 Å². The Morgan fingerprint density at radius 2 is 2.37 bits per heavy atom. The summed E-state index contributed by atoms with van der Waals surface area (Å²) in [4.78, 5) is 16.5. The second-order valence-electron chi connectivity index (χ2n) is 5.10. The summed E-state index contributed by atoms with van der Waals surface area (Å²) in [6.45, 7) is 4.65. The van der Waals surface area contributed by atoms with E-state index < -0.39 is 0 Å². The molecule has 2 aromatic rings. The van der Waals surface area contributed by atoms with Gasteiger partial charge < -0.3 is 9.88 Å². The number of nitrogens with one attached hydrogen (secondary N) is 2. The van der Waals surface area contributed by atoms with Crippen molar-refractivity contribution < 1.29 is 4.79 Å². The molecule has 1 aliphatic heterocycles. The highest BCUT2D eigenvalue weighted by Gasteiger charge is 2.22. The molecule has 0 saturated heterocycles. The lowest BCUT2D eigenvalue weighted by molar-refractivity contribution is 0.0922. The normalized spacial score (nSPS) is 18.1. The molecule has 3 rings (SSSR count). The first-order valence-electron chi connectivity index (χ1n) is 6.47. The van der Waals surface area contributed by atoms with Crippen LogP contribution in [0.15, 0.2) is 12.3 Å². The summed E-state index contributed by atoms with van der Waals surface area (Å²) in [5.41, 5.74) is 2.37. The Hall–Kier alpha value is -2.11. The molecule has 0 spiro atoms. The van der Waals surface area contributed by atoms with E-state index in [4.69, 9.17) is 0 Å². The number of rotatable bonds is 2. The zero-order valence-corrected chi connectivity index (χ0v) is 11.1. The molecule has 0 radical (unpaired) electrons. The molecule has 1 atom stereocenters. The Kier molecular flexibility index (Phi) is 2.85. The fourth-order valence-electron chi connectivity index (χ4n) is 2.50. The summed E-state index contributed by atoms with van der Waals surface area (Å²) in [7, 11) is 0. The van der Waals surface area contributed by atoms with Crippen molar-refractivity contribution in [3.05, 3.63) is 35.2 Å². The molecule has 0 bridgehead atoms. The van der Waals surface area contributed by atoms with Crippen molar-refractivity contribution in [2.24, 2.45) is 0 Å². The van der Waals surface area contributed by atoms with Crippen LogP contribution < -0.4 is 5.32 Å². The van der Waals surface area contributed by atoms with Gasteiger partial charge in [0.05, 0.1) is 5.69 Å². The highest BCUT2D eigenvalue weighted by atomic mass is 16.2. The largest absolute Gasteiger partial charge is 0.346 e. The first-order valence-corrected chi connectivity index (χ1v) is 6.47. The van der Waals surface area contributed by atoms with Crippen molar-refractivity contribution >= 4 is 5.91 Å². The molecular weight excluding hydrogens is 242 g/mol. The third-order valence-corrected chi connectivity index (χ3v) is 3.39. The number of amides is 1. The van der Waals surface area contributed by atoms with Gasteiger partial charge in [-0.1, -0.05) is 0 Å². The summed E-state index contributed by atoms with van der Waals surface area (Å²) in [5, 5.41) is 9.78. The molecule has 6 heteroatoms. The van der Waals surface area contributed by atoms with Gasteiger partial charge in [0.2, 0.25) is 0 Å². The summed E-state index contributed by atoms with van der Waals surface area (Å²) in [5.74, 6) is 0.994. The molecule has 100 valence electrons. The quantitative estimate of drug-likeness (QED) is 0.843. The highest BCUT2D eigenvalue weighted by Crippen LogP contribution is 2.15. The van der Waals surface area contributed by atoms with Crippen LogP contribution in [0.3, 0.4) is 0 Å². The molecule has 0 aliphatic carbocycles. The van der Waals surface area contributed by atoms with Crippen molar-refractivity contribution in [1.29, 1.82) is 0 Å². The van der Waals surface area contributed by atoms with Gasteiger partial charge in [0.25, 0.3) is 5.91 Å². The van der Waals surface area contributed by atoms with E-state index in [0.29, 0.717) is 5.69 Å². The number of hydrogen-bond acceptors (Lipinski definition) is 3. The standard InChI is InChI=1S/C13H17N5O/c1-8-5-11(17-16-8)13(19)15-10-3-4-12-14-9(2)6-18(12)7-10/h5-6,10H,3-4,7H2,1-2H3,(H,15,19)(H,16,17)/t10-/m1/s1. The van der Waals surface area contributed by atoms with Crippen molar-refractivity contribution in [3.8, 4) is 0 Å². The van der Waals surface area contributed by atoms with E-state index in [1.54, 1.807) is 6.07 Å². The summed E-state index contributed by atoms with van der Waals surface area (Å²) in [6.07, 6.45) is 3.86. The second-order valence-corrected chi connectivity index (χ2v) is 5.10. The van der Waals surface area contributed by atoms with Crippen molar-refractivity contribution in [3.63, 3.8) is 0 Å². The first kappa shape index (κ1) is 12.0. The molecule has 6 nitrogen and oxygen atoms in total. The highest BCUT2D eigenvalue weighted by molar-refractivity contribution is 5.92. The maximum Gasteiger partial charge on any atom is 0.272 e. The number of aromatic amines is 1. The first-order chi connectivity index (χ1) is 9.11. The lowest BCUT2D eigenvalue weighted by Crippen LogP contribution is -2.41. The van der Waals surface area contributed by atoms with E-state index in [2.05, 4.69) is 25.1 Å². The molecule has 0 saturated carbocycles. The molecule has 0 unspecified atom stereocenters. The Morgan fingerprint density at radius 3 is 3.11 bits per heavy atom. The van der Waals surface area contributed by atoms with Crippen LogP contribution in [0.4, 0.5) is 0 Å². The number of carbonyl (C=O) groups is 1. The van der Waals surface area contributed by atoms with Gasteiger partial charge in [0.1, 0.15) is 11.5 Å². The molecule has 0 fully saturated rings. The smallest absolute Gasteiger partial charge is 0.272 e. The zero-order chi connectivity index (χ0) is 13.4. The van der Waals surface area contributed by atoms with E-state index in [1.165, 1.54) is 0 Å². The Balaban J connectivity index is 1.67. The van der Waals surface area contributed by atoms with E-state index in [1.807, 2.05) is 20.0 Å². The van der Waals surface area contributed by atoms with Crippen LogP contribution in [0.25, 0.3) is 0 Å². The molecule has 1 amide bonds. The molecule has 2 N–H and O–H groups in total. The molecule has 1 aliphatic rings. The topological polar surface area (TPSA) is 75.6 Å². The van der Waals surface area contributed by atoms with E-state index in [9.17, 15) is 4.79 Å². The van der Waals surface area contributed by atoms with Gasteiger partial charge in [0, 0.05) is 30.9 Å². The summed E-state index contributed by atoms with van der Waals surface area (Å²) >= 11 is 0. The van der Waals surface area contributed by atoms with Gasteiger partial charge >= 0.3 is 0 Å². The minimum atomic E-state index is -0.116. The van der Waals surface area contributed by atoms with E-state index in [0.717, 1.165) is 36.6 Å². The van der Waals surface area contributed by atoms with Crippen LogP contribution >= 0.6 is 0 Å². The van der Waals surface area contributed by atoms with Gasteiger partial charge in [0.15, 0.2) is 0 Å². The number of fused-ring (bicyclic) bond motifs is 1. The third kappa shape index (κ3) is 2.38. The average molecular weight is 259 g/mol. The Labute approximate surface area is 111 Å². The van der Waals surface area contributed by atoms with Crippen molar-refractivity contribution in [2.45, 2.75) is 39.3 Å². The molecule has 3 heterocycles. The lowest BCUT2D eigenvalue weighted by atomic mass is 10.1. The number of carbonyl (C=O) groups excluding carboxylic acids is 1. The molecule has 19 heavy (non-hydrogen) atoms. The SMILES string of the molecule is Cc1cn2c(n1)CC[C@@H](NC(=O)c1cc(C)[nH]n1)C2. The number of nitrogens with zero attached hydrogens (tertiary/aromatic N) is 3. The predicted molar refractivity (Wildman–Crippen MR) is 69.9 cm³/mol. The van der Waals surface area contributed by atoms with Gasteiger partial charge in [-0.3, -0.25) is 9.89 Å². The van der Waals surface area contributed by atoms with Crippen molar-refractivity contribution in [1.82, 2.24) is 25.1 Å². The zero-order valence-electron chi connectivity index (χ0n) is 11.1. The lowest BCUT2D eigenvalue weighted by Gasteiger charge is -2.24. The molecular formula is C13H17N5O. The Morgan fingerprint density at radius 1 is 1.53 bits per heavy atom. The van der Waals surface area contributed by atoms with Gasteiger partial charge in [-0.2, -0.15) is 5.10 Å². The van der Waals surface area contributed by atoms with Crippen LogP contribution in [-0.4, -0.2) is 31.7 Å². The van der Waals surface area contributed by atoms with Crippen LogP contribution in [0, 0.1) is 13.8 Å². The third-order valence-electron chi connectivity index (χ3n) is 3.39. The summed E-state index contributed by atoms with van der Waals surface area (Å²) in [6, 6.07) is 1.90. The van der Waals surface area contributed by atoms with Crippen LogP contribution in [0.1, 0.15) is 34.1 Å². The van der Waals surface area contributed by atoms with Crippen LogP contribution in [0.5, 0.6) is 0 Å². The average Bonchev–Trinajstić information content (AvgIpc) is 2.93. The van der Waals surface area contributed by atoms with Gasteiger partial charge in [-0.15, -0.1) is 0 Å². The summed E-state index contributed by atoms with van der Waals surface area (Å²) < 4.78 is 2.12. The monoisotopic (exact) mass is 259 g/mol. The maximum atomic E-state index is 12.0. The van der Waals surface area contributed by atoms with E-state index >= 15 is 0 Å². The van der Waals surface area contributed by atoms with Crippen LogP contribution in [0.2, 0.25) is 0 Å². The molecule has 2 aromatic heterocycles. The maximum absolute atomic E-state index is 12.0. The fraction of sp³-hybridized carbons (Fsp3) is 0.462. The number of aromatic nitrogens is 4. The second kappa shape index (κ2) is 4.53. The number of H-pyrrole nitrogens is 1. The predicted octanol–water partition coefficient (Wildman–Crippen LogP) is 0.968. The number of aryl methyl sites for hydroxylation is 3. The van der Waals surface area contributed by atoms with Gasteiger partial charge in [-0.05, 0) is 26.3 Å². The number of hydrogen-bond donors (Lipinski definition) is 2. The molecule has 0 aromatic carbocycles. The minimum Gasteiger partial charge on any atom is -0.346 e. The van der Waals surface area contributed by atoms with E-state index in [-0.39, 0.29) is 11.9 Å².